The Kier molecular flexibility index (Phi) is 5.41. The lowest BCUT2D eigenvalue weighted by atomic mass is 9.83. The second-order valence-electron chi connectivity index (χ2n) is 5.69. The topological polar surface area (TPSA) is 21.3 Å². The Morgan fingerprint density at radius 1 is 1.21 bits per heavy atom. The largest absolute Gasteiger partial charge is 0.381 e. The maximum absolute atomic E-state index is 5.52. The highest BCUT2D eigenvalue weighted by Gasteiger charge is 2.26. The maximum Gasteiger partial charge on any atom is 0.0469 e. The van der Waals surface area contributed by atoms with Crippen LogP contribution in [0.2, 0.25) is 0 Å². The van der Waals surface area contributed by atoms with Crippen molar-refractivity contribution in [3.05, 3.63) is 34.9 Å². The van der Waals surface area contributed by atoms with Crippen LogP contribution in [0.25, 0.3) is 0 Å². The normalized spacial score (nSPS) is 18.5. The van der Waals surface area contributed by atoms with Crippen molar-refractivity contribution in [2.45, 2.75) is 46.1 Å². The third kappa shape index (κ3) is 3.58. The van der Waals surface area contributed by atoms with Crippen molar-refractivity contribution in [3.63, 3.8) is 0 Å². The molecule has 0 saturated carbocycles. The molecular formula is C17H27NO. The Labute approximate surface area is 117 Å². The number of rotatable bonds is 5. The van der Waals surface area contributed by atoms with Crippen LogP contribution >= 0.6 is 0 Å². The predicted molar refractivity (Wildman–Crippen MR) is 80.5 cm³/mol. The van der Waals surface area contributed by atoms with Gasteiger partial charge in [-0.15, -0.1) is 0 Å². The molecule has 1 aromatic carbocycles. The SMILES string of the molecule is CCCNC(c1c(C)cccc1C)C1CCOCC1. The van der Waals surface area contributed by atoms with Crippen molar-refractivity contribution in [1.82, 2.24) is 5.32 Å². The van der Waals surface area contributed by atoms with Crippen LogP contribution in [0.5, 0.6) is 0 Å². The molecule has 1 aliphatic rings. The van der Waals surface area contributed by atoms with Crippen molar-refractivity contribution in [2.24, 2.45) is 5.92 Å². The molecular weight excluding hydrogens is 234 g/mol. The smallest absolute Gasteiger partial charge is 0.0469 e. The molecule has 1 atom stereocenters. The minimum atomic E-state index is 0.491. The van der Waals surface area contributed by atoms with Gasteiger partial charge in [0.25, 0.3) is 0 Å². The first-order valence-corrected chi connectivity index (χ1v) is 7.61. The fourth-order valence-electron chi connectivity index (χ4n) is 3.17. The lowest BCUT2D eigenvalue weighted by Gasteiger charge is -2.33. The molecule has 0 bridgehead atoms. The summed E-state index contributed by atoms with van der Waals surface area (Å²) in [5.74, 6) is 0.708. The number of hydrogen-bond acceptors (Lipinski definition) is 2. The van der Waals surface area contributed by atoms with Crippen molar-refractivity contribution in [3.8, 4) is 0 Å². The summed E-state index contributed by atoms with van der Waals surface area (Å²) >= 11 is 0. The van der Waals surface area contributed by atoms with Gasteiger partial charge in [-0.05, 0) is 62.3 Å². The van der Waals surface area contributed by atoms with Crippen LogP contribution in [0.3, 0.4) is 0 Å². The van der Waals surface area contributed by atoms with Crippen LogP contribution in [0, 0.1) is 19.8 Å². The quantitative estimate of drug-likeness (QED) is 0.871. The number of ether oxygens (including phenoxy) is 1. The molecule has 0 aliphatic carbocycles. The van der Waals surface area contributed by atoms with Crippen molar-refractivity contribution < 1.29 is 4.74 Å². The summed E-state index contributed by atoms with van der Waals surface area (Å²) in [4.78, 5) is 0. The molecule has 2 rings (SSSR count). The number of benzene rings is 1. The second kappa shape index (κ2) is 7.06. The van der Waals surface area contributed by atoms with Gasteiger partial charge in [0.15, 0.2) is 0 Å². The van der Waals surface area contributed by atoms with Gasteiger partial charge in [0.05, 0.1) is 0 Å². The molecule has 2 nitrogen and oxygen atoms in total. The summed E-state index contributed by atoms with van der Waals surface area (Å²) in [5.41, 5.74) is 4.35. The molecule has 106 valence electrons. The van der Waals surface area contributed by atoms with Crippen LogP contribution in [0.1, 0.15) is 48.9 Å². The van der Waals surface area contributed by atoms with Crippen molar-refractivity contribution in [1.29, 1.82) is 0 Å². The Balaban J connectivity index is 2.25. The molecule has 1 N–H and O–H groups in total. The van der Waals surface area contributed by atoms with E-state index in [0.29, 0.717) is 12.0 Å². The predicted octanol–water partition coefficient (Wildman–Crippen LogP) is 3.77. The van der Waals surface area contributed by atoms with E-state index in [0.717, 1.165) is 19.8 Å². The summed E-state index contributed by atoms with van der Waals surface area (Å²) < 4.78 is 5.52. The van der Waals surface area contributed by atoms with Crippen LogP contribution < -0.4 is 5.32 Å². The summed E-state index contributed by atoms with van der Waals surface area (Å²) in [5, 5.41) is 3.78. The van der Waals surface area contributed by atoms with E-state index in [1.54, 1.807) is 0 Å². The van der Waals surface area contributed by atoms with Gasteiger partial charge < -0.3 is 10.1 Å². The van der Waals surface area contributed by atoms with Gasteiger partial charge in [-0.1, -0.05) is 25.1 Å². The maximum atomic E-state index is 5.52. The molecule has 2 heteroatoms. The fourth-order valence-corrected chi connectivity index (χ4v) is 3.17. The first-order chi connectivity index (χ1) is 9.24. The van der Waals surface area contributed by atoms with Crippen LogP contribution in [0.15, 0.2) is 18.2 Å². The van der Waals surface area contributed by atoms with Gasteiger partial charge in [-0.3, -0.25) is 0 Å². The Morgan fingerprint density at radius 3 is 2.42 bits per heavy atom. The van der Waals surface area contributed by atoms with Crippen molar-refractivity contribution in [2.75, 3.05) is 19.8 Å². The van der Waals surface area contributed by atoms with E-state index in [-0.39, 0.29) is 0 Å². The summed E-state index contributed by atoms with van der Waals surface area (Å²) in [6.07, 6.45) is 3.54. The van der Waals surface area contributed by atoms with Gasteiger partial charge in [-0.2, -0.15) is 0 Å². The number of hydrogen-bond donors (Lipinski definition) is 1. The molecule has 1 aromatic rings. The molecule has 1 aliphatic heterocycles. The third-order valence-corrected chi connectivity index (χ3v) is 4.20. The number of aryl methyl sites for hydroxylation is 2. The lowest BCUT2D eigenvalue weighted by Crippen LogP contribution is -2.33. The molecule has 19 heavy (non-hydrogen) atoms. The second-order valence-corrected chi connectivity index (χ2v) is 5.69. The highest BCUT2D eigenvalue weighted by Crippen LogP contribution is 2.33. The molecule has 1 heterocycles. The zero-order valence-electron chi connectivity index (χ0n) is 12.5. The zero-order chi connectivity index (χ0) is 13.7. The zero-order valence-corrected chi connectivity index (χ0v) is 12.5. The minimum absolute atomic E-state index is 0.491. The molecule has 0 spiro atoms. The summed E-state index contributed by atoms with van der Waals surface area (Å²) in [6, 6.07) is 7.13. The van der Waals surface area contributed by atoms with Crippen LogP contribution in [-0.4, -0.2) is 19.8 Å². The third-order valence-electron chi connectivity index (χ3n) is 4.20. The van der Waals surface area contributed by atoms with Crippen molar-refractivity contribution >= 4 is 0 Å². The van der Waals surface area contributed by atoms with Gasteiger partial charge in [0, 0.05) is 19.3 Å². The van der Waals surface area contributed by atoms with Gasteiger partial charge in [0.1, 0.15) is 0 Å². The molecule has 1 saturated heterocycles. The van der Waals surface area contributed by atoms with E-state index in [1.807, 2.05) is 0 Å². The number of nitrogens with one attached hydrogen (secondary N) is 1. The monoisotopic (exact) mass is 261 g/mol. The van der Waals surface area contributed by atoms with E-state index in [1.165, 1.54) is 36.0 Å². The Hall–Kier alpha value is -0.860. The van der Waals surface area contributed by atoms with Gasteiger partial charge in [-0.25, -0.2) is 0 Å². The standard InChI is InChI=1S/C17H27NO/c1-4-10-18-17(15-8-11-19-12-9-15)16-13(2)6-5-7-14(16)3/h5-7,15,17-18H,4,8-12H2,1-3H3. The Bertz CT molecular complexity index is 376. The van der Waals surface area contributed by atoms with Crippen LogP contribution in [0.4, 0.5) is 0 Å². The first kappa shape index (κ1) is 14.5. The van der Waals surface area contributed by atoms with Gasteiger partial charge in [0.2, 0.25) is 0 Å². The molecule has 0 amide bonds. The highest BCUT2D eigenvalue weighted by atomic mass is 16.5. The van der Waals surface area contributed by atoms with E-state index in [2.05, 4.69) is 44.3 Å². The summed E-state index contributed by atoms with van der Waals surface area (Å²) in [7, 11) is 0. The van der Waals surface area contributed by atoms with E-state index < -0.39 is 0 Å². The summed E-state index contributed by atoms with van der Waals surface area (Å²) in [6.45, 7) is 9.64. The van der Waals surface area contributed by atoms with E-state index in [4.69, 9.17) is 4.74 Å². The van der Waals surface area contributed by atoms with Gasteiger partial charge >= 0.3 is 0 Å². The molecule has 0 radical (unpaired) electrons. The fraction of sp³-hybridized carbons (Fsp3) is 0.647. The van der Waals surface area contributed by atoms with E-state index in [9.17, 15) is 0 Å². The molecule has 1 fully saturated rings. The molecule has 1 unspecified atom stereocenters. The Morgan fingerprint density at radius 2 is 1.84 bits per heavy atom. The first-order valence-electron chi connectivity index (χ1n) is 7.61. The van der Waals surface area contributed by atoms with Crippen LogP contribution in [-0.2, 0) is 4.74 Å². The van der Waals surface area contributed by atoms with E-state index >= 15 is 0 Å². The minimum Gasteiger partial charge on any atom is -0.381 e. The lowest BCUT2D eigenvalue weighted by molar-refractivity contribution is 0.0534. The average molecular weight is 261 g/mol. The molecule has 0 aromatic heterocycles. The highest BCUT2D eigenvalue weighted by molar-refractivity contribution is 5.36. The average Bonchev–Trinajstić information content (AvgIpc) is 2.43.